The zero-order chi connectivity index (χ0) is 27.7. The first kappa shape index (κ1) is 27.3. The fraction of sp³-hybridized carbons (Fsp3) is 0.385. The molecule has 2 aromatic rings. The van der Waals surface area contributed by atoms with E-state index in [1.807, 2.05) is 0 Å². The Morgan fingerprint density at radius 3 is 2.26 bits per heavy atom. The molecular weight excluding hydrogens is 512 g/mol. The van der Waals surface area contributed by atoms with Gasteiger partial charge in [-0.15, -0.1) is 0 Å². The van der Waals surface area contributed by atoms with Crippen LogP contribution in [0, 0.1) is 0 Å². The van der Waals surface area contributed by atoms with Gasteiger partial charge >= 0.3 is 6.03 Å². The van der Waals surface area contributed by atoms with Crippen LogP contribution in [0.4, 0.5) is 4.79 Å². The lowest BCUT2D eigenvalue weighted by Gasteiger charge is -2.34. The van der Waals surface area contributed by atoms with Crippen molar-refractivity contribution in [2.24, 2.45) is 0 Å². The minimum atomic E-state index is -3.86. The molecule has 0 spiro atoms. The lowest BCUT2D eigenvalue weighted by molar-refractivity contribution is -0.139. The molecule has 2 heterocycles. The Hall–Kier alpha value is -3.77. The number of rotatable bonds is 8. The van der Waals surface area contributed by atoms with Crippen molar-refractivity contribution in [3.63, 3.8) is 0 Å². The van der Waals surface area contributed by atoms with Gasteiger partial charge in [0.2, 0.25) is 15.9 Å². The van der Waals surface area contributed by atoms with Crippen molar-refractivity contribution in [1.82, 2.24) is 19.4 Å². The van der Waals surface area contributed by atoms with Crippen molar-refractivity contribution in [2.45, 2.75) is 30.7 Å². The third kappa shape index (κ3) is 4.88. The van der Waals surface area contributed by atoms with E-state index in [4.69, 9.17) is 4.74 Å². The number of carbonyl (C=O) groups is 4. The molecule has 4 rings (SSSR count). The van der Waals surface area contributed by atoms with Gasteiger partial charge in [-0.2, -0.15) is 4.31 Å². The second kappa shape index (κ2) is 10.5. The molecule has 0 saturated carbocycles. The van der Waals surface area contributed by atoms with Gasteiger partial charge in [0.05, 0.1) is 12.0 Å². The number of carbonyl (C=O) groups excluding carboxylic acids is 4. The monoisotopic (exact) mass is 542 g/mol. The van der Waals surface area contributed by atoms with Gasteiger partial charge in [-0.05, 0) is 43.2 Å². The first-order chi connectivity index (χ1) is 18.0. The smallest absolute Gasteiger partial charge is 0.325 e. The van der Waals surface area contributed by atoms with Gasteiger partial charge in [-0.3, -0.25) is 19.3 Å². The van der Waals surface area contributed by atoms with E-state index in [0.29, 0.717) is 16.9 Å². The van der Waals surface area contributed by atoms with Crippen molar-refractivity contribution >= 4 is 33.7 Å². The van der Waals surface area contributed by atoms with Crippen molar-refractivity contribution in [2.75, 3.05) is 39.8 Å². The number of urea groups is 1. The summed E-state index contributed by atoms with van der Waals surface area (Å²) in [6, 6.07) is 12.0. The van der Waals surface area contributed by atoms with E-state index in [2.05, 4.69) is 5.32 Å². The normalized spacial score (nSPS) is 20.4. The van der Waals surface area contributed by atoms with Crippen LogP contribution in [0.1, 0.15) is 36.2 Å². The van der Waals surface area contributed by atoms with Crippen LogP contribution < -0.4 is 10.1 Å². The van der Waals surface area contributed by atoms with E-state index in [1.165, 1.54) is 41.4 Å². The Balaban J connectivity index is 1.42. The van der Waals surface area contributed by atoms with E-state index >= 15 is 0 Å². The van der Waals surface area contributed by atoms with Crippen molar-refractivity contribution in [3.8, 4) is 5.75 Å². The number of benzene rings is 2. The quantitative estimate of drug-likeness (QED) is 0.396. The SMILES string of the molecule is CC[C@@]1(c2ccc(OC)cc2)NC(=O)N(CC(=O)N2CCN(S(=O)(=O)c3cccc(C(C)=O)c3)CC2)C1=O. The van der Waals surface area contributed by atoms with Gasteiger partial charge in [0, 0.05) is 31.7 Å². The van der Waals surface area contributed by atoms with E-state index in [9.17, 15) is 27.6 Å². The van der Waals surface area contributed by atoms with Crippen LogP contribution in [0.2, 0.25) is 0 Å². The van der Waals surface area contributed by atoms with Gasteiger partial charge < -0.3 is 15.0 Å². The summed E-state index contributed by atoms with van der Waals surface area (Å²) in [6.07, 6.45) is 0.288. The molecule has 0 aliphatic carbocycles. The first-order valence-corrected chi connectivity index (χ1v) is 13.6. The number of amides is 4. The molecule has 2 aliphatic rings. The summed E-state index contributed by atoms with van der Waals surface area (Å²) in [4.78, 5) is 53.2. The van der Waals surface area contributed by atoms with Crippen LogP contribution in [-0.2, 0) is 25.2 Å². The number of hydrogen-bond donors (Lipinski definition) is 1. The topological polar surface area (TPSA) is 133 Å². The standard InChI is InChI=1S/C26H30N4O7S/c1-4-26(20-8-10-21(37-3)11-9-20)24(33)30(25(34)27-26)17-23(32)28-12-14-29(15-13-28)38(35,36)22-7-5-6-19(16-22)18(2)31/h5-11,16H,4,12-15,17H2,1-3H3,(H,27,34)/t26-/m0/s1. The Morgan fingerprint density at radius 1 is 1.03 bits per heavy atom. The highest BCUT2D eigenvalue weighted by atomic mass is 32.2. The molecule has 0 unspecified atom stereocenters. The van der Waals surface area contributed by atoms with Crippen LogP contribution >= 0.6 is 0 Å². The molecule has 2 aromatic carbocycles. The van der Waals surface area contributed by atoms with Gasteiger partial charge in [0.25, 0.3) is 5.91 Å². The number of hydrogen-bond acceptors (Lipinski definition) is 7. The minimum absolute atomic E-state index is 0.0127. The molecule has 38 heavy (non-hydrogen) atoms. The minimum Gasteiger partial charge on any atom is -0.497 e. The molecule has 12 heteroatoms. The number of Topliss-reactive ketones (excluding diaryl/α,β-unsaturated/α-hetero) is 1. The number of nitrogens with one attached hydrogen (secondary N) is 1. The predicted octanol–water partition coefficient (Wildman–Crippen LogP) is 1.59. The van der Waals surface area contributed by atoms with Crippen LogP contribution in [0.15, 0.2) is 53.4 Å². The van der Waals surface area contributed by atoms with E-state index in [1.54, 1.807) is 37.3 Å². The summed E-state index contributed by atoms with van der Waals surface area (Å²) >= 11 is 0. The zero-order valence-corrected chi connectivity index (χ0v) is 22.3. The highest BCUT2D eigenvalue weighted by Crippen LogP contribution is 2.33. The Kier molecular flexibility index (Phi) is 7.56. The average molecular weight is 543 g/mol. The predicted molar refractivity (Wildman–Crippen MR) is 137 cm³/mol. The fourth-order valence-corrected chi connectivity index (χ4v) is 6.19. The molecule has 0 radical (unpaired) electrons. The number of ketones is 1. The van der Waals surface area contributed by atoms with Gasteiger partial charge in [-0.25, -0.2) is 13.2 Å². The van der Waals surface area contributed by atoms with Crippen LogP contribution in [0.5, 0.6) is 5.75 Å². The lowest BCUT2D eigenvalue weighted by atomic mass is 9.87. The number of sulfonamides is 1. The van der Waals surface area contributed by atoms with Crippen molar-refractivity contribution in [1.29, 1.82) is 0 Å². The molecule has 1 N–H and O–H groups in total. The molecule has 1 atom stereocenters. The summed E-state index contributed by atoms with van der Waals surface area (Å²) in [7, 11) is -2.33. The highest BCUT2D eigenvalue weighted by Gasteiger charge is 2.52. The summed E-state index contributed by atoms with van der Waals surface area (Å²) < 4.78 is 32.6. The third-order valence-corrected chi connectivity index (χ3v) is 8.95. The Morgan fingerprint density at radius 2 is 1.68 bits per heavy atom. The summed E-state index contributed by atoms with van der Waals surface area (Å²) in [6.45, 7) is 2.99. The molecular formula is C26H30N4O7S. The summed E-state index contributed by atoms with van der Waals surface area (Å²) in [5.41, 5.74) is -0.404. The van der Waals surface area contributed by atoms with Crippen LogP contribution in [0.25, 0.3) is 0 Å². The maximum Gasteiger partial charge on any atom is 0.325 e. The second-order valence-electron chi connectivity index (χ2n) is 9.18. The molecule has 2 aliphatic heterocycles. The highest BCUT2D eigenvalue weighted by molar-refractivity contribution is 7.89. The van der Waals surface area contributed by atoms with Crippen LogP contribution in [0.3, 0.4) is 0 Å². The molecule has 0 aromatic heterocycles. The number of imide groups is 1. The molecule has 0 bridgehead atoms. The van der Waals surface area contributed by atoms with Crippen LogP contribution in [-0.4, -0.2) is 86.0 Å². The zero-order valence-electron chi connectivity index (χ0n) is 21.5. The maximum atomic E-state index is 13.4. The molecule has 2 saturated heterocycles. The van der Waals surface area contributed by atoms with E-state index in [-0.39, 0.29) is 43.3 Å². The molecule has 11 nitrogen and oxygen atoms in total. The Labute approximate surface area is 221 Å². The molecule has 202 valence electrons. The van der Waals surface area contributed by atoms with Gasteiger partial charge in [0.15, 0.2) is 5.78 Å². The molecule has 4 amide bonds. The third-order valence-electron chi connectivity index (χ3n) is 7.05. The number of ether oxygens (including phenoxy) is 1. The first-order valence-electron chi connectivity index (χ1n) is 12.2. The Bertz CT molecular complexity index is 1370. The number of nitrogens with zero attached hydrogens (tertiary/aromatic N) is 3. The van der Waals surface area contributed by atoms with Crippen molar-refractivity contribution in [3.05, 3.63) is 59.7 Å². The average Bonchev–Trinajstić information content (AvgIpc) is 3.18. The van der Waals surface area contributed by atoms with Gasteiger partial charge in [-0.1, -0.05) is 31.2 Å². The second-order valence-corrected chi connectivity index (χ2v) is 11.1. The van der Waals surface area contributed by atoms with Gasteiger partial charge in [0.1, 0.15) is 17.8 Å². The summed E-state index contributed by atoms with van der Waals surface area (Å²) in [5, 5.41) is 2.75. The maximum absolute atomic E-state index is 13.4. The van der Waals surface area contributed by atoms with E-state index < -0.39 is 40.0 Å². The fourth-order valence-electron chi connectivity index (χ4n) is 4.72. The number of methoxy groups -OCH3 is 1. The number of piperazine rings is 1. The summed E-state index contributed by atoms with van der Waals surface area (Å²) in [5.74, 6) is -0.602. The molecule has 2 fully saturated rings. The van der Waals surface area contributed by atoms with E-state index in [0.717, 1.165) is 4.90 Å². The van der Waals surface area contributed by atoms with Crippen molar-refractivity contribution < 1.29 is 32.3 Å². The largest absolute Gasteiger partial charge is 0.497 e. The lowest BCUT2D eigenvalue weighted by Crippen LogP contribution is -2.53.